The maximum atomic E-state index is 13.0. The van der Waals surface area contributed by atoms with Gasteiger partial charge < -0.3 is 4.57 Å². The van der Waals surface area contributed by atoms with E-state index in [2.05, 4.69) is 15.1 Å². The summed E-state index contributed by atoms with van der Waals surface area (Å²) in [4.78, 5) is 21.8. The third-order valence-corrected chi connectivity index (χ3v) is 4.25. The molecule has 0 aliphatic carbocycles. The molecule has 3 heterocycles. The quantitative estimate of drug-likeness (QED) is 0.524. The molecule has 0 amide bonds. The van der Waals surface area contributed by atoms with Gasteiger partial charge in [0.2, 0.25) is 0 Å². The van der Waals surface area contributed by atoms with Gasteiger partial charge in [-0.3, -0.25) is 9.78 Å². The summed E-state index contributed by atoms with van der Waals surface area (Å²) in [7, 11) is 1.91. The highest BCUT2D eigenvalue weighted by Gasteiger charge is 2.13. The Morgan fingerprint density at radius 3 is 2.81 bits per heavy atom. The molecule has 3 aromatic heterocycles. The van der Waals surface area contributed by atoms with Crippen LogP contribution in [0.4, 0.5) is 0 Å². The Morgan fingerprint density at radius 2 is 2.08 bits per heavy atom. The SMILES string of the molecule is Cn1cccc1C=Nn1c(-c2cccnc2)nc2ccc(Cl)cc2c1=O. The summed E-state index contributed by atoms with van der Waals surface area (Å²) in [5.74, 6) is 0.420. The van der Waals surface area contributed by atoms with Crippen LogP contribution in [0.25, 0.3) is 22.3 Å². The Kier molecular flexibility index (Phi) is 4.10. The molecule has 0 aliphatic heterocycles. The third-order valence-electron chi connectivity index (χ3n) is 4.02. The van der Waals surface area contributed by atoms with E-state index in [1.807, 2.05) is 36.0 Å². The minimum Gasteiger partial charge on any atom is -0.350 e. The van der Waals surface area contributed by atoms with Crippen LogP contribution >= 0.6 is 11.6 Å². The molecule has 128 valence electrons. The van der Waals surface area contributed by atoms with Crippen molar-refractivity contribution in [1.82, 2.24) is 19.2 Å². The number of aryl methyl sites for hydroxylation is 1. The number of rotatable bonds is 3. The lowest BCUT2D eigenvalue weighted by molar-refractivity contribution is 0.824. The number of hydrogen-bond donors (Lipinski definition) is 0. The molecule has 0 atom stereocenters. The molecule has 6 nitrogen and oxygen atoms in total. The van der Waals surface area contributed by atoms with Crippen LogP contribution in [0.15, 0.2) is 71.0 Å². The van der Waals surface area contributed by atoms with E-state index in [1.54, 1.807) is 42.9 Å². The van der Waals surface area contributed by atoms with E-state index >= 15 is 0 Å². The highest BCUT2D eigenvalue weighted by atomic mass is 35.5. The molecule has 0 unspecified atom stereocenters. The fraction of sp³-hybridized carbons (Fsp3) is 0.0526. The van der Waals surface area contributed by atoms with E-state index in [0.717, 1.165) is 5.69 Å². The first-order valence-corrected chi connectivity index (χ1v) is 8.30. The second-order valence-electron chi connectivity index (χ2n) is 5.74. The Balaban J connectivity index is 1.99. The number of fused-ring (bicyclic) bond motifs is 1. The van der Waals surface area contributed by atoms with Gasteiger partial charge in [0.1, 0.15) is 0 Å². The zero-order valence-corrected chi connectivity index (χ0v) is 14.6. The molecular weight excluding hydrogens is 350 g/mol. The third kappa shape index (κ3) is 2.91. The standard InChI is InChI=1S/C19H14ClN5O/c1-24-9-3-5-15(24)12-22-25-18(13-4-2-8-21-11-13)23-17-7-6-14(20)10-16(17)19(25)26/h2-12H,1H3. The first-order valence-electron chi connectivity index (χ1n) is 7.92. The molecule has 26 heavy (non-hydrogen) atoms. The van der Waals surface area contributed by atoms with Crippen molar-refractivity contribution in [3.63, 3.8) is 0 Å². The molecule has 0 saturated heterocycles. The molecule has 4 rings (SSSR count). The van der Waals surface area contributed by atoms with Gasteiger partial charge in [0.25, 0.3) is 5.56 Å². The number of pyridine rings is 1. The lowest BCUT2D eigenvalue weighted by atomic mass is 10.2. The van der Waals surface area contributed by atoms with Crippen molar-refractivity contribution in [2.75, 3.05) is 0 Å². The van der Waals surface area contributed by atoms with Crippen LogP contribution in [0, 0.1) is 0 Å². The van der Waals surface area contributed by atoms with Crippen LogP contribution in [0.5, 0.6) is 0 Å². The van der Waals surface area contributed by atoms with Crippen molar-refractivity contribution in [2.45, 2.75) is 0 Å². The van der Waals surface area contributed by atoms with Crippen molar-refractivity contribution >= 4 is 28.7 Å². The maximum absolute atomic E-state index is 13.0. The molecule has 0 radical (unpaired) electrons. The largest absolute Gasteiger partial charge is 0.350 e. The molecule has 0 bridgehead atoms. The molecule has 0 saturated carbocycles. The van der Waals surface area contributed by atoms with E-state index in [9.17, 15) is 4.79 Å². The van der Waals surface area contributed by atoms with E-state index in [0.29, 0.717) is 27.3 Å². The predicted octanol–water partition coefficient (Wildman–Crippen LogP) is 3.33. The van der Waals surface area contributed by atoms with Crippen molar-refractivity contribution in [1.29, 1.82) is 0 Å². The predicted molar refractivity (Wildman–Crippen MR) is 103 cm³/mol. The second-order valence-corrected chi connectivity index (χ2v) is 6.18. The summed E-state index contributed by atoms with van der Waals surface area (Å²) in [5.41, 5.74) is 1.83. The lowest BCUT2D eigenvalue weighted by Crippen LogP contribution is -2.20. The topological polar surface area (TPSA) is 65.1 Å². The van der Waals surface area contributed by atoms with Crippen LogP contribution in [-0.4, -0.2) is 25.4 Å². The normalized spacial score (nSPS) is 11.5. The highest BCUT2D eigenvalue weighted by Crippen LogP contribution is 2.20. The first kappa shape index (κ1) is 16.2. The van der Waals surface area contributed by atoms with Gasteiger partial charge in [-0.2, -0.15) is 9.78 Å². The summed E-state index contributed by atoms with van der Waals surface area (Å²) in [5, 5.41) is 5.28. The van der Waals surface area contributed by atoms with Gasteiger partial charge in [-0.1, -0.05) is 11.6 Å². The first-order chi connectivity index (χ1) is 12.6. The number of nitrogens with zero attached hydrogens (tertiary/aromatic N) is 5. The van der Waals surface area contributed by atoms with Crippen molar-refractivity contribution in [3.05, 3.63) is 82.1 Å². The molecule has 4 aromatic rings. The highest BCUT2D eigenvalue weighted by molar-refractivity contribution is 6.31. The van der Waals surface area contributed by atoms with Crippen molar-refractivity contribution in [2.24, 2.45) is 12.1 Å². The second kappa shape index (κ2) is 6.57. The zero-order chi connectivity index (χ0) is 18.1. The number of hydrogen-bond acceptors (Lipinski definition) is 4. The lowest BCUT2D eigenvalue weighted by Gasteiger charge is -2.09. The van der Waals surface area contributed by atoms with Crippen LogP contribution in [-0.2, 0) is 7.05 Å². The molecular formula is C19H14ClN5O. The molecule has 1 aromatic carbocycles. The summed E-state index contributed by atoms with van der Waals surface area (Å²) < 4.78 is 3.19. The van der Waals surface area contributed by atoms with E-state index in [4.69, 9.17) is 11.6 Å². The van der Waals surface area contributed by atoms with Crippen molar-refractivity contribution < 1.29 is 0 Å². The summed E-state index contributed by atoms with van der Waals surface area (Å²) in [6, 6.07) is 12.5. The van der Waals surface area contributed by atoms with Crippen LogP contribution in [0.1, 0.15) is 5.69 Å². The summed E-state index contributed by atoms with van der Waals surface area (Å²) in [6.07, 6.45) is 6.85. The Labute approximate surface area is 154 Å². The number of halogens is 1. The minimum atomic E-state index is -0.290. The molecule has 0 aliphatic rings. The number of benzene rings is 1. The van der Waals surface area contributed by atoms with Crippen molar-refractivity contribution in [3.8, 4) is 11.4 Å². The van der Waals surface area contributed by atoms with E-state index in [-0.39, 0.29) is 5.56 Å². The molecule has 0 N–H and O–H groups in total. The molecule has 0 spiro atoms. The Bertz CT molecular complexity index is 1180. The van der Waals surface area contributed by atoms with Crippen LogP contribution in [0.2, 0.25) is 5.02 Å². The summed E-state index contributed by atoms with van der Waals surface area (Å²) >= 11 is 6.05. The van der Waals surface area contributed by atoms with Gasteiger partial charge in [0, 0.05) is 36.2 Å². The van der Waals surface area contributed by atoms with Gasteiger partial charge in [0.05, 0.1) is 22.8 Å². The van der Waals surface area contributed by atoms with Gasteiger partial charge >= 0.3 is 0 Å². The van der Waals surface area contributed by atoms with Crippen LogP contribution < -0.4 is 5.56 Å². The number of aromatic nitrogens is 4. The van der Waals surface area contributed by atoms with Gasteiger partial charge in [-0.05, 0) is 42.5 Å². The summed E-state index contributed by atoms with van der Waals surface area (Å²) in [6.45, 7) is 0. The molecule has 0 fully saturated rings. The minimum absolute atomic E-state index is 0.290. The monoisotopic (exact) mass is 363 g/mol. The van der Waals surface area contributed by atoms with Crippen LogP contribution in [0.3, 0.4) is 0 Å². The van der Waals surface area contributed by atoms with E-state index < -0.39 is 0 Å². The average Bonchev–Trinajstić information content (AvgIpc) is 3.07. The Morgan fingerprint density at radius 1 is 1.19 bits per heavy atom. The van der Waals surface area contributed by atoms with Gasteiger partial charge in [-0.25, -0.2) is 4.98 Å². The smallest absolute Gasteiger partial charge is 0.282 e. The zero-order valence-electron chi connectivity index (χ0n) is 13.9. The average molecular weight is 364 g/mol. The fourth-order valence-corrected chi connectivity index (χ4v) is 2.84. The van der Waals surface area contributed by atoms with Gasteiger partial charge in [0.15, 0.2) is 5.82 Å². The fourth-order valence-electron chi connectivity index (χ4n) is 2.66. The maximum Gasteiger partial charge on any atom is 0.282 e. The molecule has 7 heteroatoms. The Hall–Kier alpha value is -3.25. The van der Waals surface area contributed by atoms with Gasteiger partial charge in [-0.15, -0.1) is 0 Å². The van der Waals surface area contributed by atoms with E-state index in [1.165, 1.54) is 4.68 Å².